The standard InChI is InChI=1S/C9H14ClNO3/c1-8(2)9(12)14-6-4-11-7-13-5-3-10/h7H,1,3-6H2,2H3/b11-7-. The average Bonchev–Trinajstić information content (AvgIpc) is 2.16. The van der Waals surface area contributed by atoms with Crippen molar-refractivity contribution in [3.63, 3.8) is 0 Å². The SMILES string of the molecule is C=C(C)C(=O)OCC/N=C\OCCCl. The van der Waals surface area contributed by atoms with Gasteiger partial charge in [-0.05, 0) is 6.92 Å². The van der Waals surface area contributed by atoms with Crippen molar-refractivity contribution in [2.24, 2.45) is 4.99 Å². The number of esters is 1. The van der Waals surface area contributed by atoms with E-state index < -0.39 is 5.97 Å². The monoisotopic (exact) mass is 219 g/mol. The first-order valence-corrected chi connectivity index (χ1v) is 4.70. The van der Waals surface area contributed by atoms with Crippen molar-refractivity contribution in [2.45, 2.75) is 6.92 Å². The maximum Gasteiger partial charge on any atom is 0.333 e. The van der Waals surface area contributed by atoms with Gasteiger partial charge in [0, 0.05) is 5.57 Å². The van der Waals surface area contributed by atoms with Crippen LogP contribution in [0.25, 0.3) is 0 Å². The third kappa shape index (κ3) is 7.61. The van der Waals surface area contributed by atoms with Crippen molar-refractivity contribution in [3.05, 3.63) is 12.2 Å². The molecule has 0 aromatic heterocycles. The highest BCUT2D eigenvalue weighted by Gasteiger charge is 2.00. The summed E-state index contributed by atoms with van der Waals surface area (Å²) in [5, 5.41) is 0. The van der Waals surface area contributed by atoms with Crippen LogP contribution in [0.2, 0.25) is 0 Å². The van der Waals surface area contributed by atoms with Crippen LogP contribution in [0.1, 0.15) is 6.92 Å². The van der Waals surface area contributed by atoms with Crippen molar-refractivity contribution >= 4 is 24.0 Å². The number of hydrogen-bond donors (Lipinski definition) is 0. The lowest BCUT2D eigenvalue weighted by atomic mass is 10.4. The van der Waals surface area contributed by atoms with Crippen LogP contribution in [0.4, 0.5) is 0 Å². The maximum absolute atomic E-state index is 10.9. The Hall–Kier alpha value is -1.03. The zero-order chi connectivity index (χ0) is 10.8. The van der Waals surface area contributed by atoms with E-state index in [4.69, 9.17) is 21.1 Å². The minimum atomic E-state index is -0.401. The number of alkyl halides is 1. The molecule has 0 aliphatic heterocycles. The van der Waals surface area contributed by atoms with Gasteiger partial charge in [0.2, 0.25) is 0 Å². The molecule has 0 fully saturated rings. The molecule has 0 aromatic rings. The summed E-state index contributed by atoms with van der Waals surface area (Å²) in [7, 11) is 0. The molecule has 0 saturated carbocycles. The first-order valence-electron chi connectivity index (χ1n) is 4.17. The zero-order valence-corrected chi connectivity index (χ0v) is 8.92. The van der Waals surface area contributed by atoms with Gasteiger partial charge in [0.05, 0.1) is 12.4 Å². The van der Waals surface area contributed by atoms with E-state index in [1.807, 2.05) is 0 Å². The zero-order valence-electron chi connectivity index (χ0n) is 8.16. The van der Waals surface area contributed by atoms with Gasteiger partial charge >= 0.3 is 5.97 Å². The Morgan fingerprint density at radius 3 is 2.86 bits per heavy atom. The lowest BCUT2D eigenvalue weighted by Crippen LogP contribution is -2.08. The number of rotatable bonds is 7. The van der Waals surface area contributed by atoms with Crippen LogP contribution >= 0.6 is 11.6 Å². The van der Waals surface area contributed by atoms with Crippen molar-refractivity contribution in [1.82, 2.24) is 0 Å². The van der Waals surface area contributed by atoms with Gasteiger partial charge in [-0.1, -0.05) is 6.58 Å². The number of aliphatic imine (C=N–C) groups is 1. The second-order valence-electron chi connectivity index (χ2n) is 2.49. The van der Waals surface area contributed by atoms with E-state index in [9.17, 15) is 4.79 Å². The molecule has 0 N–H and O–H groups in total. The summed E-state index contributed by atoms with van der Waals surface area (Å²) < 4.78 is 9.63. The van der Waals surface area contributed by atoms with Gasteiger partial charge in [-0.3, -0.25) is 4.99 Å². The van der Waals surface area contributed by atoms with E-state index in [1.165, 1.54) is 6.40 Å². The Labute approximate surface area is 88.6 Å². The van der Waals surface area contributed by atoms with E-state index >= 15 is 0 Å². The fourth-order valence-electron chi connectivity index (χ4n) is 0.517. The molecular formula is C9H14ClNO3. The van der Waals surface area contributed by atoms with Crippen LogP contribution in [-0.2, 0) is 14.3 Å². The smallest absolute Gasteiger partial charge is 0.333 e. The van der Waals surface area contributed by atoms with Gasteiger partial charge in [-0.25, -0.2) is 4.79 Å². The molecular weight excluding hydrogens is 206 g/mol. The summed E-state index contributed by atoms with van der Waals surface area (Å²) in [6, 6.07) is 0. The first kappa shape index (κ1) is 13.0. The number of hydrogen-bond acceptors (Lipinski definition) is 4. The summed E-state index contributed by atoms with van der Waals surface area (Å²) in [6.07, 6.45) is 1.30. The van der Waals surface area contributed by atoms with Gasteiger partial charge in [-0.2, -0.15) is 0 Å². The Bertz CT molecular complexity index is 216. The molecule has 0 heterocycles. The molecule has 0 radical (unpaired) electrons. The summed E-state index contributed by atoms with van der Waals surface area (Å²) in [5.41, 5.74) is 0.382. The molecule has 0 saturated heterocycles. The van der Waals surface area contributed by atoms with Crippen molar-refractivity contribution in [1.29, 1.82) is 0 Å². The quantitative estimate of drug-likeness (QED) is 0.162. The molecule has 0 amide bonds. The Morgan fingerprint density at radius 2 is 2.29 bits per heavy atom. The largest absolute Gasteiger partial charge is 0.482 e. The maximum atomic E-state index is 10.9. The molecule has 0 aromatic carbocycles. The highest BCUT2D eigenvalue weighted by molar-refractivity contribution is 6.18. The summed E-state index contributed by atoms with van der Waals surface area (Å²) in [5.74, 6) is 0.0262. The molecule has 0 aliphatic carbocycles. The number of carbonyl (C=O) groups is 1. The number of halogens is 1. The molecule has 0 atom stereocenters. The van der Waals surface area contributed by atoms with E-state index in [1.54, 1.807) is 6.92 Å². The topological polar surface area (TPSA) is 47.9 Å². The third-order valence-corrected chi connectivity index (χ3v) is 1.30. The second-order valence-corrected chi connectivity index (χ2v) is 2.87. The molecule has 0 bridgehead atoms. The Kier molecular flexibility index (Phi) is 7.93. The molecule has 0 rings (SSSR count). The highest BCUT2D eigenvalue weighted by atomic mass is 35.5. The fraction of sp³-hybridized carbons (Fsp3) is 0.556. The first-order chi connectivity index (χ1) is 6.68. The van der Waals surface area contributed by atoms with Crippen molar-refractivity contribution in [2.75, 3.05) is 25.6 Å². The molecule has 80 valence electrons. The van der Waals surface area contributed by atoms with Gasteiger partial charge < -0.3 is 9.47 Å². The van der Waals surface area contributed by atoms with Gasteiger partial charge in [-0.15, -0.1) is 11.6 Å². The van der Waals surface area contributed by atoms with Crippen molar-refractivity contribution < 1.29 is 14.3 Å². The second kappa shape index (κ2) is 8.56. The summed E-state index contributed by atoms with van der Waals surface area (Å²) in [4.78, 5) is 14.7. The molecule has 4 nitrogen and oxygen atoms in total. The lowest BCUT2D eigenvalue weighted by molar-refractivity contribution is -0.138. The molecule has 0 aliphatic rings. The third-order valence-electron chi connectivity index (χ3n) is 1.15. The summed E-state index contributed by atoms with van der Waals surface area (Å²) in [6.45, 7) is 6.07. The van der Waals surface area contributed by atoms with Crippen LogP contribution in [0, 0.1) is 0 Å². The number of nitrogens with zero attached hydrogens (tertiary/aromatic N) is 1. The minimum Gasteiger partial charge on any atom is -0.482 e. The molecule has 0 spiro atoms. The van der Waals surface area contributed by atoms with E-state index in [-0.39, 0.29) is 6.61 Å². The van der Waals surface area contributed by atoms with Gasteiger partial charge in [0.1, 0.15) is 13.2 Å². The lowest BCUT2D eigenvalue weighted by Gasteiger charge is -2.00. The summed E-state index contributed by atoms with van der Waals surface area (Å²) >= 11 is 5.35. The minimum absolute atomic E-state index is 0.229. The van der Waals surface area contributed by atoms with E-state index in [0.29, 0.717) is 24.6 Å². The Morgan fingerprint density at radius 1 is 1.57 bits per heavy atom. The van der Waals surface area contributed by atoms with E-state index in [2.05, 4.69) is 11.6 Å². The van der Waals surface area contributed by atoms with Gasteiger partial charge in [0.25, 0.3) is 0 Å². The molecule has 14 heavy (non-hydrogen) atoms. The predicted molar refractivity (Wildman–Crippen MR) is 55.8 cm³/mol. The number of ether oxygens (including phenoxy) is 2. The van der Waals surface area contributed by atoms with Crippen LogP contribution in [-0.4, -0.2) is 38.0 Å². The highest BCUT2D eigenvalue weighted by Crippen LogP contribution is 1.91. The fourth-order valence-corrected chi connectivity index (χ4v) is 0.606. The molecule has 0 unspecified atom stereocenters. The van der Waals surface area contributed by atoms with Crippen LogP contribution < -0.4 is 0 Å². The van der Waals surface area contributed by atoms with Crippen molar-refractivity contribution in [3.8, 4) is 0 Å². The van der Waals surface area contributed by atoms with E-state index in [0.717, 1.165) is 0 Å². The Balaban J connectivity index is 3.33. The molecule has 5 heteroatoms. The van der Waals surface area contributed by atoms with Crippen LogP contribution in [0.15, 0.2) is 17.1 Å². The predicted octanol–water partition coefficient (Wildman–Crippen LogP) is 1.39. The number of carbonyl (C=O) groups excluding carboxylic acids is 1. The van der Waals surface area contributed by atoms with Crippen LogP contribution in [0.5, 0.6) is 0 Å². The average molecular weight is 220 g/mol. The normalized spacial score (nSPS) is 10.1. The van der Waals surface area contributed by atoms with Gasteiger partial charge in [0.15, 0.2) is 6.40 Å². The van der Waals surface area contributed by atoms with Crippen LogP contribution in [0.3, 0.4) is 0 Å².